The highest BCUT2D eigenvalue weighted by atomic mass is 19.4. The minimum Gasteiger partial charge on any atom is -0.444 e. The number of halogens is 3. The number of anilines is 1. The number of hydrogen-bond acceptors (Lipinski definition) is 6. The van der Waals surface area contributed by atoms with E-state index in [0.29, 0.717) is 33.5 Å². The van der Waals surface area contributed by atoms with Crippen LogP contribution in [0.3, 0.4) is 0 Å². The fourth-order valence-electron chi connectivity index (χ4n) is 4.69. The van der Waals surface area contributed by atoms with E-state index in [1.165, 1.54) is 11.0 Å². The zero-order valence-corrected chi connectivity index (χ0v) is 21.3. The van der Waals surface area contributed by atoms with Crippen molar-refractivity contribution < 1.29 is 37.0 Å². The highest BCUT2D eigenvalue weighted by molar-refractivity contribution is 5.99. The van der Waals surface area contributed by atoms with E-state index in [2.05, 4.69) is 15.3 Å². The molecule has 2 amide bonds. The van der Waals surface area contributed by atoms with Crippen molar-refractivity contribution in [2.75, 3.05) is 19.0 Å². The summed E-state index contributed by atoms with van der Waals surface area (Å²) in [7, 11) is 1.57. The van der Waals surface area contributed by atoms with Crippen LogP contribution >= 0.6 is 0 Å². The van der Waals surface area contributed by atoms with Crippen molar-refractivity contribution in [3.63, 3.8) is 0 Å². The van der Waals surface area contributed by atoms with Crippen LogP contribution in [0.1, 0.15) is 65.1 Å². The van der Waals surface area contributed by atoms with Gasteiger partial charge in [-0.05, 0) is 50.1 Å². The summed E-state index contributed by atoms with van der Waals surface area (Å²) in [4.78, 5) is 34.9. The lowest BCUT2D eigenvalue weighted by Gasteiger charge is -2.33. The van der Waals surface area contributed by atoms with Gasteiger partial charge < -0.3 is 24.1 Å². The van der Waals surface area contributed by atoms with Crippen LogP contribution in [0.25, 0.3) is 11.0 Å². The summed E-state index contributed by atoms with van der Waals surface area (Å²) >= 11 is 0. The fraction of sp³-hybridized carbons (Fsp3) is 0.423. The number of fused-ring (bicyclic) bond motifs is 4. The van der Waals surface area contributed by atoms with Crippen LogP contribution < -0.4 is 5.32 Å². The molecule has 2 aromatic heterocycles. The second kappa shape index (κ2) is 9.28. The van der Waals surface area contributed by atoms with Gasteiger partial charge in [0.2, 0.25) is 0 Å². The van der Waals surface area contributed by atoms with Crippen molar-refractivity contribution in [3.05, 3.63) is 57.8 Å². The topological polar surface area (TPSA) is 106 Å². The molecule has 5 rings (SSSR count). The van der Waals surface area contributed by atoms with Crippen molar-refractivity contribution in [2.24, 2.45) is 0 Å². The average Bonchev–Trinajstić information content (AvgIpc) is 3.48. The molecule has 1 unspecified atom stereocenters. The molecule has 0 spiro atoms. The summed E-state index contributed by atoms with van der Waals surface area (Å²) < 4.78 is 56.0. The molecule has 2 aliphatic heterocycles. The van der Waals surface area contributed by atoms with Gasteiger partial charge in [0.25, 0.3) is 5.91 Å². The summed E-state index contributed by atoms with van der Waals surface area (Å²) in [5.41, 5.74) is 2.30. The number of hydrogen-bond donors (Lipinski definition) is 2. The number of nitrogens with one attached hydrogen (secondary N) is 2. The zero-order chi connectivity index (χ0) is 27.4. The van der Waals surface area contributed by atoms with E-state index in [0.717, 1.165) is 17.7 Å². The minimum absolute atomic E-state index is 0.0354. The van der Waals surface area contributed by atoms with Crippen LogP contribution in [0.4, 0.5) is 23.8 Å². The number of aromatic nitrogens is 2. The SMILES string of the molecule is CN(C(=O)c1cc2nc(NC(=O)OC(C)(C)C)c3c(c2[nH]1)COC3)C1COCc2cc(C(F)(F)F)ccc21. The number of carbonyl (C=O) groups is 2. The van der Waals surface area contributed by atoms with Gasteiger partial charge in [-0.3, -0.25) is 10.1 Å². The number of H-pyrrole nitrogens is 1. The van der Waals surface area contributed by atoms with E-state index >= 15 is 0 Å². The molecule has 202 valence electrons. The Balaban J connectivity index is 1.44. The molecule has 2 aliphatic rings. The normalized spacial score (nSPS) is 17.2. The Labute approximate surface area is 216 Å². The first-order chi connectivity index (χ1) is 17.8. The predicted molar refractivity (Wildman–Crippen MR) is 130 cm³/mol. The van der Waals surface area contributed by atoms with Crippen LogP contribution in [0.15, 0.2) is 24.3 Å². The van der Waals surface area contributed by atoms with Crippen LogP contribution in [0.5, 0.6) is 0 Å². The summed E-state index contributed by atoms with van der Waals surface area (Å²) in [6.07, 6.45) is -5.13. The van der Waals surface area contributed by atoms with Gasteiger partial charge in [-0.2, -0.15) is 13.2 Å². The molecule has 0 saturated heterocycles. The van der Waals surface area contributed by atoms with E-state index in [9.17, 15) is 22.8 Å². The van der Waals surface area contributed by atoms with E-state index < -0.39 is 35.4 Å². The molecule has 2 N–H and O–H groups in total. The molecule has 4 heterocycles. The number of carbonyl (C=O) groups excluding carboxylic acids is 2. The Bertz CT molecular complexity index is 1430. The first-order valence-electron chi connectivity index (χ1n) is 12.0. The molecule has 0 aliphatic carbocycles. The maximum atomic E-state index is 13.5. The molecular weight excluding hydrogens is 505 g/mol. The molecule has 0 saturated carbocycles. The van der Waals surface area contributed by atoms with Gasteiger partial charge in [0.1, 0.15) is 17.1 Å². The molecule has 0 bridgehead atoms. The maximum Gasteiger partial charge on any atom is 0.416 e. The fourth-order valence-corrected chi connectivity index (χ4v) is 4.69. The van der Waals surface area contributed by atoms with Crippen molar-refractivity contribution >= 4 is 28.9 Å². The quantitative estimate of drug-likeness (QED) is 0.474. The van der Waals surface area contributed by atoms with Gasteiger partial charge in [0.05, 0.1) is 49.1 Å². The monoisotopic (exact) mass is 532 g/mol. The number of nitrogens with zero attached hydrogens (tertiary/aromatic N) is 2. The van der Waals surface area contributed by atoms with Gasteiger partial charge in [-0.25, -0.2) is 9.78 Å². The molecule has 1 aromatic carbocycles. The van der Waals surface area contributed by atoms with Crippen molar-refractivity contribution in [2.45, 2.75) is 58.4 Å². The smallest absolute Gasteiger partial charge is 0.416 e. The Morgan fingerprint density at radius 1 is 1.11 bits per heavy atom. The number of alkyl halides is 3. The Kier molecular flexibility index (Phi) is 6.35. The van der Waals surface area contributed by atoms with E-state index in [-0.39, 0.29) is 32.1 Å². The summed E-state index contributed by atoms with van der Waals surface area (Å²) in [6, 6.07) is 4.48. The second-order valence-electron chi connectivity index (χ2n) is 10.3. The van der Waals surface area contributed by atoms with Crippen molar-refractivity contribution in [1.82, 2.24) is 14.9 Å². The summed E-state index contributed by atoms with van der Waals surface area (Å²) in [6.45, 7) is 5.95. The van der Waals surface area contributed by atoms with Gasteiger partial charge in [-0.15, -0.1) is 0 Å². The first kappa shape index (κ1) is 26.0. The van der Waals surface area contributed by atoms with Crippen LogP contribution in [-0.4, -0.2) is 46.1 Å². The molecular formula is C26H27F3N4O5. The van der Waals surface area contributed by atoms with E-state index in [4.69, 9.17) is 14.2 Å². The van der Waals surface area contributed by atoms with E-state index in [1.54, 1.807) is 33.9 Å². The van der Waals surface area contributed by atoms with Gasteiger partial charge in [0.15, 0.2) is 0 Å². The average molecular weight is 533 g/mol. The lowest BCUT2D eigenvalue weighted by molar-refractivity contribution is -0.137. The van der Waals surface area contributed by atoms with Gasteiger partial charge in [-0.1, -0.05) is 6.07 Å². The Hall–Kier alpha value is -3.64. The molecule has 3 aromatic rings. The standard InChI is InChI=1S/C26H27F3N4O5/c1-25(2,3)38-24(35)32-22-17-11-37-10-16(17)21-18(31-22)8-19(30-21)23(34)33(4)20-12-36-9-13-7-14(26(27,28)29)5-6-15(13)20/h5-8,20,30H,9-12H2,1-4H3,(H,31,32,35). The van der Waals surface area contributed by atoms with Crippen molar-refractivity contribution in [3.8, 4) is 0 Å². The van der Waals surface area contributed by atoms with Gasteiger partial charge >= 0.3 is 12.3 Å². The highest BCUT2D eigenvalue weighted by Gasteiger charge is 2.34. The van der Waals surface area contributed by atoms with Crippen molar-refractivity contribution in [1.29, 1.82) is 0 Å². The third-order valence-corrected chi connectivity index (χ3v) is 6.47. The molecule has 1 atom stereocenters. The number of aromatic amines is 1. The third kappa shape index (κ3) is 4.93. The number of rotatable bonds is 3. The van der Waals surface area contributed by atoms with Crippen LogP contribution in [-0.2, 0) is 40.2 Å². The zero-order valence-electron chi connectivity index (χ0n) is 21.3. The summed E-state index contributed by atoms with van der Waals surface area (Å²) in [5, 5.41) is 2.67. The molecule has 0 radical (unpaired) electrons. The van der Waals surface area contributed by atoms with Crippen LogP contribution in [0.2, 0.25) is 0 Å². The number of amides is 2. The molecule has 12 heteroatoms. The van der Waals surface area contributed by atoms with Gasteiger partial charge in [0, 0.05) is 18.2 Å². The maximum absolute atomic E-state index is 13.5. The Morgan fingerprint density at radius 2 is 1.84 bits per heavy atom. The summed E-state index contributed by atoms with van der Waals surface area (Å²) in [5.74, 6) is -0.0978. The molecule has 38 heavy (non-hydrogen) atoms. The molecule has 9 nitrogen and oxygen atoms in total. The number of likely N-dealkylation sites (N-methyl/N-ethyl adjacent to an activating group) is 1. The van der Waals surface area contributed by atoms with E-state index in [1.807, 2.05) is 0 Å². The number of ether oxygens (including phenoxy) is 3. The Morgan fingerprint density at radius 3 is 2.55 bits per heavy atom. The first-order valence-corrected chi connectivity index (χ1v) is 12.0. The number of pyridine rings is 1. The largest absolute Gasteiger partial charge is 0.444 e. The third-order valence-electron chi connectivity index (χ3n) is 6.47. The highest BCUT2D eigenvalue weighted by Crippen LogP contribution is 2.37. The lowest BCUT2D eigenvalue weighted by Crippen LogP contribution is -2.36. The number of benzene rings is 1. The molecule has 0 fully saturated rings. The predicted octanol–water partition coefficient (Wildman–Crippen LogP) is 5.30. The minimum atomic E-state index is -4.47. The van der Waals surface area contributed by atoms with Crippen LogP contribution in [0, 0.1) is 0 Å². The lowest BCUT2D eigenvalue weighted by atomic mass is 9.95. The second-order valence-corrected chi connectivity index (χ2v) is 10.3.